The number of carbonyl (C=O) groups excluding carboxylic acids is 4. The molecule has 0 aliphatic rings. The average molecular weight is 1380 g/mol. The second-order valence-electron chi connectivity index (χ2n) is 28.7. The van der Waals surface area contributed by atoms with E-state index in [9.17, 15) is 43.2 Å². The molecule has 0 aromatic carbocycles. The van der Waals surface area contributed by atoms with Crippen molar-refractivity contribution in [3.8, 4) is 0 Å². The SMILES string of the molecule is CCC(C)CCCCCCCCCCCCCCCCC(=O)OC[C@H](COP(=O)(O)OC[C@@H](O)COP(=O)(O)OC[C@@H](COC(=O)CCCCCCCCC(C)C)OC(=O)CCCCCCCCCCCCC(C)C)OC(=O)CCCCCCCCCCCCCC(C)C. The lowest BCUT2D eigenvalue weighted by atomic mass is 9.99. The Balaban J connectivity index is 5.23. The smallest absolute Gasteiger partial charge is 0.462 e. The molecule has 3 unspecified atom stereocenters. The molecule has 0 spiro atoms. The Bertz CT molecular complexity index is 1850. The van der Waals surface area contributed by atoms with Gasteiger partial charge in [-0.1, -0.05) is 325 Å². The molecule has 0 aromatic rings. The number of esters is 4. The van der Waals surface area contributed by atoms with Crippen LogP contribution in [0.15, 0.2) is 0 Å². The maximum Gasteiger partial charge on any atom is 0.472 e. The van der Waals surface area contributed by atoms with Gasteiger partial charge in [0.15, 0.2) is 12.2 Å². The zero-order chi connectivity index (χ0) is 69.6. The fourth-order valence-electron chi connectivity index (χ4n) is 11.3. The minimum absolute atomic E-state index is 0.104. The summed E-state index contributed by atoms with van der Waals surface area (Å²) in [7, 11) is -9.91. The van der Waals surface area contributed by atoms with Crippen LogP contribution in [0.5, 0.6) is 0 Å². The van der Waals surface area contributed by atoms with Crippen LogP contribution in [0.2, 0.25) is 0 Å². The molecule has 3 N–H and O–H groups in total. The number of rotatable bonds is 72. The summed E-state index contributed by atoms with van der Waals surface area (Å²) in [5, 5.41) is 10.6. The molecular formula is C75H146O17P2. The van der Waals surface area contributed by atoms with Crippen LogP contribution in [-0.4, -0.2) is 96.7 Å². The quantitative estimate of drug-likeness (QED) is 0.0222. The van der Waals surface area contributed by atoms with Crippen molar-refractivity contribution in [3.05, 3.63) is 0 Å². The lowest BCUT2D eigenvalue weighted by molar-refractivity contribution is -0.161. The minimum atomic E-state index is -4.96. The van der Waals surface area contributed by atoms with Crippen molar-refractivity contribution in [2.45, 2.75) is 395 Å². The topological polar surface area (TPSA) is 237 Å². The van der Waals surface area contributed by atoms with Gasteiger partial charge in [-0.15, -0.1) is 0 Å². The fraction of sp³-hybridized carbons (Fsp3) is 0.947. The molecule has 6 atom stereocenters. The number of aliphatic hydroxyl groups is 1. The summed E-state index contributed by atoms with van der Waals surface area (Å²) in [6.07, 6.45) is 48.7. The predicted octanol–water partition coefficient (Wildman–Crippen LogP) is 21.7. The lowest BCUT2D eigenvalue weighted by Crippen LogP contribution is -2.30. The van der Waals surface area contributed by atoms with E-state index in [1.165, 1.54) is 173 Å². The highest BCUT2D eigenvalue weighted by molar-refractivity contribution is 7.47. The van der Waals surface area contributed by atoms with Gasteiger partial charge in [0.05, 0.1) is 26.4 Å². The summed E-state index contributed by atoms with van der Waals surface area (Å²) in [5.74, 6) is 0.923. The number of unbranched alkanes of at least 4 members (excludes halogenated alkanes) is 37. The van der Waals surface area contributed by atoms with Crippen LogP contribution < -0.4 is 0 Å². The third kappa shape index (κ3) is 67.3. The van der Waals surface area contributed by atoms with Gasteiger partial charge in [-0.3, -0.25) is 37.3 Å². The molecule has 0 rings (SSSR count). The molecule has 0 amide bonds. The summed E-state index contributed by atoms with van der Waals surface area (Å²) in [5.41, 5.74) is 0. The van der Waals surface area contributed by atoms with Crippen LogP contribution in [0.25, 0.3) is 0 Å². The van der Waals surface area contributed by atoms with E-state index in [4.69, 9.17) is 37.0 Å². The molecular weight excluding hydrogens is 1230 g/mol. The maximum absolute atomic E-state index is 13.1. The standard InChI is InChI=1S/C75H146O17P2/c1-9-68(8)54-46-38-29-23-16-12-10-11-13-17-24-30-39-47-55-72(77)85-61-70(91-74(79)57-49-41-31-25-18-14-15-21-27-35-43-51-65(2)3)63-89-93(81,82)87-59-69(76)60-88-94(83,84)90-64-71(62-86-73(78)56-48-40-34-33-37-45-53-67(6)7)92-75(80)58-50-42-32-26-20-19-22-28-36-44-52-66(4)5/h65-71,76H,9-64H2,1-8H3,(H,81,82)(H,83,84)/t68?,69-,70-,71-/m1/s1. The van der Waals surface area contributed by atoms with Crippen LogP contribution in [0, 0.1) is 23.7 Å². The predicted molar refractivity (Wildman–Crippen MR) is 381 cm³/mol. The van der Waals surface area contributed by atoms with Gasteiger partial charge in [0, 0.05) is 25.7 Å². The molecule has 0 aromatic heterocycles. The molecule has 0 aliphatic heterocycles. The van der Waals surface area contributed by atoms with E-state index in [-0.39, 0.29) is 25.7 Å². The average Bonchev–Trinajstić information content (AvgIpc) is 1.85. The number of carbonyl (C=O) groups is 4. The monoisotopic (exact) mass is 1380 g/mol. The van der Waals surface area contributed by atoms with Crippen molar-refractivity contribution < 1.29 is 80.2 Å². The number of ether oxygens (including phenoxy) is 4. The highest BCUT2D eigenvalue weighted by Gasteiger charge is 2.30. The maximum atomic E-state index is 13.1. The van der Waals surface area contributed by atoms with Crippen molar-refractivity contribution in [3.63, 3.8) is 0 Å². The highest BCUT2D eigenvalue weighted by Crippen LogP contribution is 2.45. The van der Waals surface area contributed by atoms with Crippen LogP contribution in [-0.2, 0) is 65.4 Å². The lowest BCUT2D eigenvalue weighted by Gasteiger charge is -2.21. The van der Waals surface area contributed by atoms with E-state index >= 15 is 0 Å². The summed E-state index contributed by atoms with van der Waals surface area (Å²) >= 11 is 0. The largest absolute Gasteiger partial charge is 0.472 e. The van der Waals surface area contributed by atoms with E-state index in [0.29, 0.717) is 31.6 Å². The second-order valence-corrected chi connectivity index (χ2v) is 31.6. The summed E-state index contributed by atoms with van der Waals surface area (Å²) in [6.45, 7) is 14.2. The Morgan fingerprint density at radius 3 is 0.755 bits per heavy atom. The Morgan fingerprint density at radius 1 is 0.298 bits per heavy atom. The Kier molecular flexibility index (Phi) is 63.1. The van der Waals surface area contributed by atoms with Gasteiger partial charge in [0.2, 0.25) is 0 Å². The molecule has 0 bridgehead atoms. The molecule has 0 radical (unpaired) electrons. The van der Waals surface area contributed by atoms with Crippen molar-refractivity contribution in [2.75, 3.05) is 39.6 Å². The van der Waals surface area contributed by atoms with E-state index in [2.05, 4.69) is 55.4 Å². The van der Waals surface area contributed by atoms with Gasteiger partial charge in [-0.2, -0.15) is 0 Å². The minimum Gasteiger partial charge on any atom is -0.462 e. The number of aliphatic hydroxyl groups excluding tert-OH is 1. The Hall–Kier alpha value is -1.94. The number of hydrogen-bond acceptors (Lipinski definition) is 15. The second kappa shape index (κ2) is 64.4. The summed E-state index contributed by atoms with van der Waals surface area (Å²) < 4.78 is 68.5. The summed E-state index contributed by atoms with van der Waals surface area (Å²) in [6, 6.07) is 0. The first-order valence-electron chi connectivity index (χ1n) is 38.7. The zero-order valence-electron chi connectivity index (χ0n) is 61.6. The molecule has 0 aliphatic carbocycles. The van der Waals surface area contributed by atoms with Crippen LogP contribution >= 0.6 is 15.6 Å². The highest BCUT2D eigenvalue weighted by atomic mass is 31.2. The van der Waals surface area contributed by atoms with E-state index < -0.39 is 97.5 Å². The van der Waals surface area contributed by atoms with Crippen molar-refractivity contribution in [1.82, 2.24) is 0 Å². The molecule has 0 saturated heterocycles. The van der Waals surface area contributed by atoms with Crippen molar-refractivity contribution >= 4 is 39.5 Å². The van der Waals surface area contributed by atoms with Gasteiger partial charge < -0.3 is 33.8 Å². The van der Waals surface area contributed by atoms with E-state index in [1.807, 2.05) is 0 Å². The first-order chi connectivity index (χ1) is 45.1. The first kappa shape index (κ1) is 92.1. The van der Waals surface area contributed by atoms with Gasteiger partial charge in [-0.25, -0.2) is 9.13 Å². The van der Waals surface area contributed by atoms with Gasteiger partial charge in [-0.05, 0) is 49.4 Å². The van der Waals surface area contributed by atoms with Crippen LogP contribution in [0.4, 0.5) is 0 Å². The molecule has 19 heteroatoms. The third-order valence-electron chi connectivity index (χ3n) is 17.7. The van der Waals surface area contributed by atoms with Gasteiger partial charge in [0.25, 0.3) is 0 Å². The molecule has 0 saturated carbocycles. The Morgan fingerprint density at radius 2 is 0.511 bits per heavy atom. The fourth-order valence-corrected chi connectivity index (χ4v) is 12.9. The Labute approximate surface area is 575 Å². The first-order valence-corrected chi connectivity index (χ1v) is 41.7. The molecule has 558 valence electrons. The third-order valence-corrected chi connectivity index (χ3v) is 19.6. The number of phosphoric acid groups is 2. The number of phosphoric ester groups is 2. The van der Waals surface area contributed by atoms with Crippen LogP contribution in [0.3, 0.4) is 0 Å². The van der Waals surface area contributed by atoms with Crippen LogP contribution in [0.1, 0.15) is 376 Å². The number of hydrogen-bond donors (Lipinski definition) is 3. The molecule has 94 heavy (non-hydrogen) atoms. The van der Waals surface area contributed by atoms with E-state index in [0.717, 1.165) is 114 Å². The van der Waals surface area contributed by atoms with E-state index in [1.54, 1.807) is 0 Å². The van der Waals surface area contributed by atoms with Gasteiger partial charge >= 0.3 is 39.5 Å². The molecule has 0 fully saturated rings. The van der Waals surface area contributed by atoms with Gasteiger partial charge in [0.1, 0.15) is 19.3 Å². The van der Waals surface area contributed by atoms with Crippen molar-refractivity contribution in [2.24, 2.45) is 23.7 Å². The normalized spacial score (nSPS) is 14.4. The molecule has 17 nitrogen and oxygen atoms in total. The molecule has 0 heterocycles. The zero-order valence-corrected chi connectivity index (χ0v) is 63.4. The van der Waals surface area contributed by atoms with Crippen molar-refractivity contribution in [1.29, 1.82) is 0 Å². The summed E-state index contributed by atoms with van der Waals surface area (Å²) in [4.78, 5) is 72.7.